The Morgan fingerprint density at radius 1 is 1.24 bits per heavy atom. The topological polar surface area (TPSA) is 34.1 Å². The van der Waals surface area contributed by atoms with E-state index in [1.54, 1.807) is 30.5 Å². The fourth-order valence-corrected chi connectivity index (χ4v) is 1.41. The lowest BCUT2D eigenvalue weighted by Gasteiger charge is -2.06. The normalized spacial score (nSPS) is 10.2. The molecule has 1 aromatic heterocycles. The third-order valence-corrected chi connectivity index (χ3v) is 2.22. The van der Waals surface area contributed by atoms with Crippen LogP contribution in [0.25, 0.3) is 0 Å². The molecule has 0 atom stereocenters. The Balaban J connectivity index is 2.11. The van der Waals surface area contributed by atoms with E-state index in [0.717, 1.165) is 5.69 Å². The standard InChI is InChI=1S/C13H13FN2O/c1-15-8-10-6-7-11(9-16-10)17-13-5-3-2-4-12(13)14/h2-7,9,15H,8H2,1H3. The van der Waals surface area contributed by atoms with Crippen molar-refractivity contribution in [1.29, 1.82) is 0 Å². The number of halogens is 1. The van der Waals surface area contributed by atoms with Gasteiger partial charge in [0.15, 0.2) is 11.6 Å². The highest BCUT2D eigenvalue weighted by molar-refractivity contribution is 5.30. The Morgan fingerprint density at radius 2 is 2.06 bits per heavy atom. The van der Waals surface area contributed by atoms with Crippen LogP contribution in [0.3, 0.4) is 0 Å². The molecule has 1 heterocycles. The van der Waals surface area contributed by atoms with Crippen LogP contribution in [0.1, 0.15) is 5.69 Å². The van der Waals surface area contributed by atoms with Crippen molar-refractivity contribution >= 4 is 0 Å². The number of ether oxygens (including phenoxy) is 1. The molecule has 0 aliphatic rings. The first kappa shape index (κ1) is 11.5. The van der Waals surface area contributed by atoms with Crippen molar-refractivity contribution < 1.29 is 9.13 Å². The average Bonchev–Trinajstić information content (AvgIpc) is 2.35. The van der Waals surface area contributed by atoms with Gasteiger partial charge in [-0.15, -0.1) is 0 Å². The van der Waals surface area contributed by atoms with Gasteiger partial charge in [0.25, 0.3) is 0 Å². The molecule has 1 N–H and O–H groups in total. The molecule has 2 aromatic rings. The number of rotatable bonds is 4. The summed E-state index contributed by atoms with van der Waals surface area (Å²) in [5, 5.41) is 3.00. The highest BCUT2D eigenvalue weighted by Crippen LogP contribution is 2.23. The number of hydrogen-bond donors (Lipinski definition) is 1. The molecule has 88 valence electrons. The van der Waals surface area contributed by atoms with Gasteiger partial charge in [-0.25, -0.2) is 4.39 Å². The fraction of sp³-hybridized carbons (Fsp3) is 0.154. The predicted molar refractivity (Wildman–Crippen MR) is 63.5 cm³/mol. The van der Waals surface area contributed by atoms with Crippen molar-refractivity contribution in [3.63, 3.8) is 0 Å². The molecule has 0 saturated carbocycles. The van der Waals surface area contributed by atoms with Gasteiger partial charge < -0.3 is 10.1 Å². The summed E-state index contributed by atoms with van der Waals surface area (Å²) in [4.78, 5) is 4.18. The number of hydrogen-bond acceptors (Lipinski definition) is 3. The molecule has 1 aromatic carbocycles. The molecule has 0 unspecified atom stereocenters. The molecule has 17 heavy (non-hydrogen) atoms. The number of nitrogens with one attached hydrogen (secondary N) is 1. The molecule has 3 nitrogen and oxygen atoms in total. The first-order valence-electron chi connectivity index (χ1n) is 5.31. The van der Waals surface area contributed by atoms with Crippen molar-refractivity contribution in [1.82, 2.24) is 10.3 Å². The van der Waals surface area contributed by atoms with E-state index in [-0.39, 0.29) is 11.6 Å². The van der Waals surface area contributed by atoms with Gasteiger partial charge in [0, 0.05) is 6.54 Å². The molecule has 4 heteroatoms. The lowest BCUT2D eigenvalue weighted by molar-refractivity contribution is 0.440. The summed E-state index contributed by atoms with van der Waals surface area (Å²) in [5.74, 6) is 0.345. The highest BCUT2D eigenvalue weighted by Gasteiger charge is 2.03. The van der Waals surface area contributed by atoms with Gasteiger partial charge >= 0.3 is 0 Å². The Hall–Kier alpha value is -1.94. The number of aromatic nitrogens is 1. The van der Waals surface area contributed by atoms with Crippen molar-refractivity contribution in [2.45, 2.75) is 6.54 Å². The number of pyridine rings is 1. The smallest absolute Gasteiger partial charge is 0.165 e. The van der Waals surface area contributed by atoms with Crippen LogP contribution in [0.5, 0.6) is 11.5 Å². The Morgan fingerprint density at radius 3 is 2.71 bits per heavy atom. The van der Waals surface area contributed by atoms with E-state index < -0.39 is 0 Å². The second-order valence-electron chi connectivity index (χ2n) is 3.55. The third kappa shape index (κ3) is 3.01. The minimum Gasteiger partial charge on any atom is -0.453 e. The maximum atomic E-state index is 13.3. The molecule has 0 bridgehead atoms. The summed E-state index contributed by atoms with van der Waals surface area (Å²) in [6.07, 6.45) is 1.58. The fourth-order valence-electron chi connectivity index (χ4n) is 1.41. The summed E-state index contributed by atoms with van der Waals surface area (Å²) < 4.78 is 18.7. The van der Waals surface area contributed by atoms with Crippen molar-refractivity contribution in [2.24, 2.45) is 0 Å². The second kappa shape index (κ2) is 5.41. The van der Waals surface area contributed by atoms with E-state index in [1.807, 2.05) is 13.1 Å². The monoisotopic (exact) mass is 232 g/mol. The molecule has 0 radical (unpaired) electrons. The van der Waals surface area contributed by atoms with Crippen LogP contribution in [0.15, 0.2) is 42.6 Å². The summed E-state index contributed by atoms with van der Waals surface area (Å²) in [6, 6.07) is 9.89. The molecule has 0 aliphatic carbocycles. The molecule has 0 amide bonds. The zero-order valence-electron chi connectivity index (χ0n) is 9.48. The van der Waals surface area contributed by atoms with Crippen LogP contribution in [-0.4, -0.2) is 12.0 Å². The maximum Gasteiger partial charge on any atom is 0.165 e. The van der Waals surface area contributed by atoms with E-state index in [2.05, 4.69) is 10.3 Å². The van der Waals surface area contributed by atoms with Gasteiger partial charge in [0.2, 0.25) is 0 Å². The van der Waals surface area contributed by atoms with Crippen molar-refractivity contribution in [3.8, 4) is 11.5 Å². The number of benzene rings is 1. The summed E-state index contributed by atoms with van der Waals surface area (Å²) >= 11 is 0. The van der Waals surface area contributed by atoms with Gasteiger partial charge in [-0.3, -0.25) is 4.98 Å². The van der Waals surface area contributed by atoms with Gasteiger partial charge in [0.05, 0.1) is 11.9 Å². The second-order valence-corrected chi connectivity index (χ2v) is 3.55. The molecule has 2 rings (SSSR count). The van der Waals surface area contributed by atoms with Crippen LogP contribution >= 0.6 is 0 Å². The first-order chi connectivity index (χ1) is 8.29. The van der Waals surface area contributed by atoms with E-state index in [0.29, 0.717) is 12.3 Å². The lowest BCUT2D eigenvalue weighted by Crippen LogP contribution is -2.06. The van der Waals surface area contributed by atoms with Crippen LogP contribution in [-0.2, 0) is 6.54 Å². The molecule has 0 spiro atoms. The SMILES string of the molecule is CNCc1ccc(Oc2ccccc2F)cn1. The minimum absolute atomic E-state index is 0.204. The predicted octanol–water partition coefficient (Wildman–Crippen LogP) is 2.73. The summed E-state index contributed by atoms with van der Waals surface area (Å²) in [7, 11) is 1.85. The molecule has 0 fully saturated rings. The summed E-state index contributed by atoms with van der Waals surface area (Å²) in [5.41, 5.74) is 0.911. The molecular formula is C13H13FN2O. The van der Waals surface area contributed by atoms with Crippen LogP contribution in [0, 0.1) is 5.82 Å². The third-order valence-electron chi connectivity index (χ3n) is 2.22. The largest absolute Gasteiger partial charge is 0.453 e. The number of nitrogens with zero attached hydrogens (tertiary/aromatic N) is 1. The van der Waals surface area contributed by atoms with E-state index in [9.17, 15) is 4.39 Å². The zero-order valence-corrected chi connectivity index (χ0v) is 9.48. The average molecular weight is 232 g/mol. The van der Waals surface area contributed by atoms with E-state index in [1.165, 1.54) is 6.07 Å². The van der Waals surface area contributed by atoms with Gasteiger partial charge in [-0.05, 0) is 31.3 Å². The molecule has 0 aliphatic heterocycles. The maximum absolute atomic E-state index is 13.3. The highest BCUT2D eigenvalue weighted by atomic mass is 19.1. The van der Waals surface area contributed by atoms with E-state index in [4.69, 9.17) is 4.74 Å². The quantitative estimate of drug-likeness (QED) is 0.880. The van der Waals surface area contributed by atoms with Crippen molar-refractivity contribution in [2.75, 3.05) is 7.05 Å². The van der Waals surface area contributed by atoms with Crippen LogP contribution in [0.2, 0.25) is 0 Å². The van der Waals surface area contributed by atoms with Crippen LogP contribution in [0.4, 0.5) is 4.39 Å². The van der Waals surface area contributed by atoms with Crippen molar-refractivity contribution in [3.05, 3.63) is 54.1 Å². The Kier molecular flexibility index (Phi) is 3.67. The summed E-state index contributed by atoms with van der Waals surface area (Å²) in [6.45, 7) is 0.694. The van der Waals surface area contributed by atoms with E-state index >= 15 is 0 Å². The molecule has 0 saturated heterocycles. The van der Waals surface area contributed by atoms with Crippen LogP contribution < -0.4 is 10.1 Å². The van der Waals surface area contributed by atoms with Gasteiger partial charge in [-0.2, -0.15) is 0 Å². The Bertz CT molecular complexity index is 485. The van der Waals surface area contributed by atoms with Gasteiger partial charge in [-0.1, -0.05) is 12.1 Å². The molecular weight excluding hydrogens is 219 g/mol. The van der Waals surface area contributed by atoms with Gasteiger partial charge in [0.1, 0.15) is 5.75 Å². The zero-order chi connectivity index (χ0) is 12.1. The first-order valence-corrected chi connectivity index (χ1v) is 5.31. The minimum atomic E-state index is -0.383. The Labute approximate surface area is 99.3 Å². The number of para-hydroxylation sites is 1. The lowest BCUT2D eigenvalue weighted by atomic mass is 10.3.